The number of likely N-dealkylation sites (N-methyl/N-ethyl adjacent to an activating group) is 1. The van der Waals surface area contributed by atoms with E-state index in [1.165, 1.54) is 11.9 Å². The van der Waals surface area contributed by atoms with Gasteiger partial charge in [0.15, 0.2) is 0 Å². The van der Waals surface area contributed by atoms with Crippen LogP contribution in [0.15, 0.2) is 82.2 Å². The SMILES string of the molecule is CCc1ccccc1N(CC(=O)N(Cc1ccc(Br)cc1)[C@@H](C)C(=O)NC)S(=O)(=O)c1ccc(C)cc1. The summed E-state index contributed by atoms with van der Waals surface area (Å²) < 4.78 is 29.8. The first-order valence-electron chi connectivity index (χ1n) is 12.0. The summed E-state index contributed by atoms with van der Waals surface area (Å²) >= 11 is 3.41. The van der Waals surface area contributed by atoms with Crippen LogP contribution in [-0.4, -0.2) is 44.8 Å². The molecule has 3 aromatic carbocycles. The molecule has 0 aromatic heterocycles. The largest absolute Gasteiger partial charge is 0.357 e. The first-order chi connectivity index (χ1) is 17.6. The molecule has 1 atom stereocenters. The molecular weight excluding hydrogens is 554 g/mol. The molecule has 0 saturated heterocycles. The van der Waals surface area contributed by atoms with E-state index in [9.17, 15) is 18.0 Å². The summed E-state index contributed by atoms with van der Waals surface area (Å²) in [5, 5.41) is 2.59. The zero-order valence-electron chi connectivity index (χ0n) is 21.4. The minimum Gasteiger partial charge on any atom is -0.357 e. The Hall–Kier alpha value is -3.17. The smallest absolute Gasteiger partial charge is 0.264 e. The topological polar surface area (TPSA) is 86.8 Å². The number of sulfonamides is 1. The van der Waals surface area contributed by atoms with Crippen LogP contribution in [0.5, 0.6) is 0 Å². The summed E-state index contributed by atoms with van der Waals surface area (Å²) in [6.07, 6.45) is 0.585. The number of hydrogen-bond donors (Lipinski definition) is 1. The fraction of sp³-hybridized carbons (Fsp3) is 0.286. The van der Waals surface area contributed by atoms with Crippen LogP contribution in [0.3, 0.4) is 0 Å². The lowest BCUT2D eigenvalue weighted by Crippen LogP contribution is -2.50. The number of nitrogens with one attached hydrogen (secondary N) is 1. The van der Waals surface area contributed by atoms with Crippen molar-refractivity contribution in [2.75, 3.05) is 17.9 Å². The summed E-state index contributed by atoms with van der Waals surface area (Å²) in [7, 11) is -2.58. The number of rotatable bonds is 10. The molecule has 0 radical (unpaired) electrons. The van der Waals surface area contributed by atoms with Gasteiger partial charge in [-0.3, -0.25) is 13.9 Å². The molecule has 0 fully saturated rings. The van der Waals surface area contributed by atoms with E-state index in [1.807, 2.05) is 50.2 Å². The van der Waals surface area contributed by atoms with Crippen molar-refractivity contribution in [3.05, 3.63) is 94.0 Å². The third kappa shape index (κ3) is 6.78. The van der Waals surface area contributed by atoms with Gasteiger partial charge >= 0.3 is 0 Å². The zero-order chi connectivity index (χ0) is 27.2. The van der Waals surface area contributed by atoms with E-state index in [2.05, 4.69) is 21.2 Å². The Morgan fingerprint density at radius 3 is 2.19 bits per heavy atom. The Bertz CT molecular complexity index is 1340. The Morgan fingerprint density at radius 1 is 0.973 bits per heavy atom. The van der Waals surface area contributed by atoms with Crippen LogP contribution >= 0.6 is 15.9 Å². The number of amides is 2. The third-order valence-corrected chi connectivity index (χ3v) is 8.51. The molecule has 37 heavy (non-hydrogen) atoms. The summed E-state index contributed by atoms with van der Waals surface area (Å²) in [5.74, 6) is -0.826. The number of hydrogen-bond acceptors (Lipinski definition) is 4. The van der Waals surface area contributed by atoms with Crippen LogP contribution in [0.4, 0.5) is 5.69 Å². The van der Waals surface area contributed by atoms with Crippen molar-refractivity contribution < 1.29 is 18.0 Å². The van der Waals surface area contributed by atoms with Gasteiger partial charge in [-0.1, -0.05) is 70.9 Å². The van der Waals surface area contributed by atoms with Crippen molar-refractivity contribution in [1.82, 2.24) is 10.2 Å². The van der Waals surface area contributed by atoms with Gasteiger partial charge < -0.3 is 10.2 Å². The number of para-hydroxylation sites is 1. The Morgan fingerprint density at radius 2 is 1.59 bits per heavy atom. The maximum Gasteiger partial charge on any atom is 0.264 e. The number of anilines is 1. The number of carbonyl (C=O) groups excluding carboxylic acids is 2. The summed E-state index contributed by atoms with van der Waals surface area (Å²) in [6, 6.07) is 20.3. The van der Waals surface area contributed by atoms with Crippen LogP contribution in [0.25, 0.3) is 0 Å². The predicted molar refractivity (Wildman–Crippen MR) is 150 cm³/mol. The highest BCUT2D eigenvalue weighted by Crippen LogP contribution is 2.28. The monoisotopic (exact) mass is 585 g/mol. The number of carbonyl (C=O) groups is 2. The van der Waals surface area contributed by atoms with E-state index in [0.29, 0.717) is 12.1 Å². The normalized spacial score (nSPS) is 12.0. The van der Waals surface area contributed by atoms with Crippen molar-refractivity contribution in [3.63, 3.8) is 0 Å². The molecule has 0 bridgehead atoms. The third-order valence-electron chi connectivity index (χ3n) is 6.21. The van der Waals surface area contributed by atoms with Crippen LogP contribution in [-0.2, 0) is 32.6 Å². The molecule has 0 aliphatic heterocycles. The molecule has 0 spiro atoms. The highest BCUT2D eigenvalue weighted by atomic mass is 79.9. The van der Waals surface area contributed by atoms with E-state index in [0.717, 1.165) is 25.5 Å². The van der Waals surface area contributed by atoms with E-state index < -0.39 is 28.5 Å². The fourth-order valence-corrected chi connectivity index (χ4v) is 5.70. The predicted octanol–water partition coefficient (Wildman–Crippen LogP) is 4.68. The number of benzene rings is 3. The molecule has 0 aliphatic rings. The van der Waals surface area contributed by atoms with Crippen LogP contribution in [0, 0.1) is 6.92 Å². The van der Waals surface area contributed by atoms with Crippen molar-refractivity contribution in [2.24, 2.45) is 0 Å². The average Bonchev–Trinajstić information content (AvgIpc) is 2.90. The molecular formula is C28H32BrN3O4S. The molecule has 196 valence electrons. The number of halogens is 1. The second-order valence-corrected chi connectivity index (χ2v) is 11.5. The Balaban J connectivity index is 2.06. The van der Waals surface area contributed by atoms with Gasteiger partial charge in [0.25, 0.3) is 10.0 Å². The summed E-state index contributed by atoms with van der Waals surface area (Å²) in [6.45, 7) is 5.14. The molecule has 3 rings (SSSR count). The quantitative estimate of drug-likeness (QED) is 0.374. The maximum atomic E-state index is 13.9. The Kier molecular flexibility index (Phi) is 9.50. The molecule has 7 nitrogen and oxygen atoms in total. The van der Waals surface area contributed by atoms with Crippen molar-refractivity contribution in [3.8, 4) is 0 Å². The standard InChI is InChI=1S/C28H32BrN3O4S/c1-5-23-8-6-7-9-26(23)32(37(35,36)25-16-10-20(2)11-17-25)19-27(33)31(21(3)28(34)30-4)18-22-12-14-24(29)15-13-22/h6-17,21H,5,18-19H2,1-4H3,(H,30,34)/t21-/m0/s1. The highest BCUT2D eigenvalue weighted by molar-refractivity contribution is 9.10. The minimum absolute atomic E-state index is 0.0932. The summed E-state index contributed by atoms with van der Waals surface area (Å²) in [5.41, 5.74) is 2.98. The fourth-order valence-electron chi connectivity index (χ4n) is 3.98. The van der Waals surface area contributed by atoms with Gasteiger partial charge in [0, 0.05) is 18.1 Å². The molecule has 1 N–H and O–H groups in total. The molecule has 9 heteroatoms. The van der Waals surface area contributed by atoms with E-state index in [-0.39, 0.29) is 17.3 Å². The molecule has 0 aliphatic carbocycles. The van der Waals surface area contributed by atoms with Gasteiger partial charge in [-0.05, 0) is 61.7 Å². The minimum atomic E-state index is -4.08. The zero-order valence-corrected chi connectivity index (χ0v) is 23.8. The average molecular weight is 587 g/mol. The molecule has 2 amide bonds. The molecule has 0 unspecified atom stereocenters. The molecule has 0 saturated carbocycles. The number of aryl methyl sites for hydroxylation is 2. The van der Waals surface area contributed by atoms with Gasteiger partial charge in [0.2, 0.25) is 11.8 Å². The van der Waals surface area contributed by atoms with Gasteiger partial charge in [0.1, 0.15) is 12.6 Å². The highest BCUT2D eigenvalue weighted by Gasteiger charge is 2.33. The van der Waals surface area contributed by atoms with Gasteiger partial charge in [-0.2, -0.15) is 0 Å². The van der Waals surface area contributed by atoms with Crippen molar-refractivity contribution in [1.29, 1.82) is 0 Å². The second-order valence-electron chi connectivity index (χ2n) is 8.75. The van der Waals surface area contributed by atoms with E-state index in [4.69, 9.17) is 0 Å². The second kappa shape index (κ2) is 12.4. The lowest BCUT2D eigenvalue weighted by Gasteiger charge is -2.32. The summed E-state index contributed by atoms with van der Waals surface area (Å²) in [4.78, 5) is 27.9. The first-order valence-corrected chi connectivity index (χ1v) is 14.2. The van der Waals surface area contributed by atoms with Gasteiger partial charge in [0.05, 0.1) is 10.6 Å². The molecule has 3 aromatic rings. The van der Waals surface area contributed by atoms with Crippen LogP contribution in [0.2, 0.25) is 0 Å². The first kappa shape index (κ1) is 28.4. The van der Waals surface area contributed by atoms with Crippen molar-refractivity contribution in [2.45, 2.75) is 44.7 Å². The van der Waals surface area contributed by atoms with Crippen LogP contribution < -0.4 is 9.62 Å². The molecule has 0 heterocycles. The maximum absolute atomic E-state index is 13.9. The lowest BCUT2D eigenvalue weighted by atomic mass is 10.1. The van der Waals surface area contributed by atoms with E-state index >= 15 is 0 Å². The van der Waals surface area contributed by atoms with Crippen molar-refractivity contribution >= 4 is 43.5 Å². The Labute approximate surface area is 227 Å². The number of nitrogens with zero attached hydrogens (tertiary/aromatic N) is 2. The van der Waals surface area contributed by atoms with E-state index in [1.54, 1.807) is 43.3 Å². The van der Waals surface area contributed by atoms with Gasteiger partial charge in [-0.25, -0.2) is 8.42 Å². The lowest BCUT2D eigenvalue weighted by molar-refractivity contribution is -0.139. The van der Waals surface area contributed by atoms with Gasteiger partial charge in [-0.15, -0.1) is 0 Å². The van der Waals surface area contributed by atoms with Crippen LogP contribution in [0.1, 0.15) is 30.5 Å².